The van der Waals surface area contributed by atoms with Crippen molar-refractivity contribution < 1.29 is 5.11 Å². The molecule has 1 N–H and O–H groups in total. The second-order valence-electron chi connectivity index (χ2n) is 2.10. The molecule has 0 aliphatic rings. The number of hydrogen-bond acceptors (Lipinski definition) is 4. The van der Waals surface area contributed by atoms with Gasteiger partial charge in [-0.3, -0.25) is 0 Å². The second kappa shape index (κ2) is 4.54. The van der Waals surface area contributed by atoms with Crippen LogP contribution in [0.4, 0.5) is 0 Å². The van der Waals surface area contributed by atoms with Gasteiger partial charge >= 0.3 is 0 Å². The van der Waals surface area contributed by atoms with Gasteiger partial charge in [0, 0.05) is 6.20 Å². The number of thioether (sulfide) groups is 1. The summed E-state index contributed by atoms with van der Waals surface area (Å²) < 4.78 is 0.439. The molecule has 2 nitrogen and oxygen atoms in total. The first-order valence-electron chi connectivity index (χ1n) is 3.34. The van der Waals surface area contributed by atoms with Crippen LogP contribution in [0.1, 0.15) is 0 Å². The highest BCUT2D eigenvalue weighted by Gasteiger charge is 2.06. The minimum Gasteiger partial charge on any atom is -0.387 e. The van der Waals surface area contributed by atoms with E-state index in [2.05, 4.69) is 11.9 Å². The van der Waals surface area contributed by atoms with E-state index >= 15 is 0 Å². The number of hydrogen-bond donors (Lipinski definition) is 1. The molecule has 0 saturated heterocycles. The Hall–Kier alpha value is -0.450. The Morgan fingerprint density at radius 1 is 1.67 bits per heavy atom. The van der Waals surface area contributed by atoms with Crippen molar-refractivity contribution in [3.8, 4) is 0 Å². The van der Waals surface area contributed by atoms with Gasteiger partial charge in [-0.25, -0.2) is 4.98 Å². The number of aliphatic hydroxyl groups excluding tert-OH is 1. The lowest BCUT2D eigenvalue weighted by Crippen LogP contribution is -2.09. The standard InChI is InChI=1S/C8H8NOS2/c1-6(10)8(11)12-7-4-2-3-5-9-7/h2-6,10H,1H2. The predicted molar refractivity (Wildman–Crippen MR) is 54.1 cm³/mol. The predicted octanol–water partition coefficient (Wildman–Crippen LogP) is 1.70. The van der Waals surface area contributed by atoms with Crippen LogP contribution in [0, 0.1) is 6.92 Å². The first-order chi connectivity index (χ1) is 5.70. The summed E-state index contributed by atoms with van der Waals surface area (Å²) in [6, 6.07) is 5.53. The van der Waals surface area contributed by atoms with Gasteiger partial charge in [0.15, 0.2) is 0 Å². The Bertz CT molecular complexity index is 261. The number of aromatic nitrogens is 1. The highest BCUT2D eigenvalue weighted by molar-refractivity contribution is 8.23. The van der Waals surface area contributed by atoms with Crippen molar-refractivity contribution in [1.82, 2.24) is 4.98 Å². The van der Waals surface area contributed by atoms with Crippen molar-refractivity contribution in [2.45, 2.75) is 11.1 Å². The van der Waals surface area contributed by atoms with Crippen molar-refractivity contribution in [1.29, 1.82) is 0 Å². The number of aliphatic hydroxyl groups is 1. The topological polar surface area (TPSA) is 33.1 Å². The molecule has 0 amide bonds. The summed E-state index contributed by atoms with van der Waals surface area (Å²) >= 11 is 6.13. The number of pyridine rings is 1. The summed E-state index contributed by atoms with van der Waals surface area (Å²) in [5.41, 5.74) is 0. The fourth-order valence-corrected chi connectivity index (χ4v) is 1.44. The lowest BCUT2D eigenvalue weighted by atomic mass is 10.5. The van der Waals surface area contributed by atoms with Crippen LogP contribution in [0.3, 0.4) is 0 Å². The van der Waals surface area contributed by atoms with Crippen LogP contribution < -0.4 is 0 Å². The molecule has 0 spiro atoms. The molecule has 0 bridgehead atoms. The van der Waals surface area contributed by atoms with E-state index in [0.29, 0.717) is 4.20 Å². The van der Waals surface area contributed by atoms with Gasteiger partial charge in [0.1, 0.15) is 5.03 Å². The lowest BCUT2D eigenvalue weighted by Gasteiger charge is -2.03. The molecule has 1 heterocycles. The average molecular weight is 198 g/mol. The van der Waals surface area contributed by atoms with Gasteiger partial charge in [-0.15, -0.1) is 0 Å². The third-order valence-electron chi connectivity index (χ3n) is 1.11. The monoisotopic (exact) mass is 198 g/mol. The summed E-state index contributed by atoms with van der Waals surface area (Å²) in [5, 5.41) is 9.76. The molecule has 0 aliphatic heterocycles. The highest BCUT2D eigenvalue weighted by Crippen LogP contribution is 2.17. The molecule has 1 radical (unpaired) electrons. The molecule has 12 heavy (non-hydrogen) atoms. The SMILES string of the molecule is [CH2]C(O)C(=S)Sc1ccccn1. The highest BCUT2D eigenvalue weighted by atomic mass is 32.2. The summed E-state index contributed by atoms with van der Waals surface area (Å²) in [7, 11) is 0. The van der Waals surface area contributed by atoms with E-state index in [-0.39, 0.29) is 0 Å². The first-order valence-corrected chi connectivity index (χ1v) is 4.56. The number of rotatable bonds is 2. The fraction of sp³-hybridized carbons (Fsp3) is 0.125. The minimum absolute atomic E-state index is 0.439. The third-order valence-corrected chi connectivity index (χ3v) is 2.56. The van der Waals surface area contributed by atoms with Gasteiger partial charge in [-0.1, -0.05) is 30.0 Å². The van der Waals surface area contributed by atoms with Crippen LogP contribution in [0.2, 0.25) is 0 Å². The molecule has 1 aromatic rings. The van der Waals surface area contributed by atoms with Crippen molar-refractivity contribution in [3.63, 3.8) is 0 Å². The van der Waals surface area contributed by atoms with Crippen LogP contribution in [-0.2, 0) is 0 Å². The maximum atomic E-state index is 8.98. The average Bonchev–Trinajstić information content (AvgIpc) is 2.06. The van der Waals surface area contributed by atoms with E-state index in [1.54, 1.807) is 6.20 Å². The normalized spacial score (nSPS) is 12.5. The quantitative estimate of drug-likeness (QED) is 0.579. The van der Waals surface area contributed by atoms with Crippen molar-refractivity contribution >= 4 is 28.2 Å². The smallest absolute Gasteiger partial charge is 0.101 e. The zero-order valence-corrected chi connectivity index (χ0v) is 7.94. The molecule has 0 aliphatic carbocycles. The minimum atomic E-state index is -0.813. The van der Waals surface area contributed by atoms with E-state index in [0.717, 1.165) is 5.03 Å². The van der Waals surface area contributed by atoms with Gasteiger partial charge in [0.25, 0.3) is 0 Å². The summed E-state index contributed by atoms with van der Waals surface area (Å²) in [5.74, 6) is 0. The van der Waals surface area contributed by atoms with Crippen LogP contribution in [-0.4, -0.2) is 20.4 Å². The van der Waals surface area contributed by atoms with Gasteiger partial charge in [0.2, 0.25) is 0 Å². The maximum absolute atomic E-state index is 8.98. The lowest BCUT2D eigenvalue weighted by molar-refractivity contribution is 0.292. The van der Waals surface area contributed by atoms with Crippen LogP contribution in [0.5, 0.6) is 0 Å². The van der Waals surface area contributed by atoms with Gasteiger partial charge in [0.05, 0.1) is 10.3 Å². The molecular formula is C8H8NOS2. The zero-order chi connectivity index (χ0) is 8.97. The molecule has 0 saturated carbocycles. The van der Waals surface area contributed by atoms with Gasteiger partial charge < -0.3 is 5.11 Å². The van der Waals surface area contributed by atoms with Crippen LogP contribution >= 0.6 is 24.0 Å². The summed E-state index contributed by atoms with van der Waals surface area (Å²) in [6.45, 7) is 3.40. The fourth-order valence-electron chi connectivity index (χ4n) is 0.579. The summed E-state index contributed by atoms with van der Waals surface area (Å²) in [4.78, 5) is 4.04. The molecule has 1 aromatic heterocycles. The van der Waals surface area contributed by atoms with E-state index in [1.165, 1.54) is 11.8 Å². The van der Waals surface area contributed by atoms with Gasteiger partial charge in [-0.2, -0.15) is 0 Å². The van der Waals surface area contributed by atoms with Gasteiger partial charge in [-0.05, 0) is 19.1 Å². The molecule has 1 rings (SSSR count). The number of thiocarbonyl (C=S) groups is 1. The van der Waals surface area contributed by atoms with E-state index in [4.69, 9.17) is 17.3 Å². The molecule has 1 unspecified atom stereocenters. The molecule has 0 aromatic carbocycles. The first kappa shape index (κ1) is 9.64. The Morgan fingerprint density at radius 2 is 2.42 bits per heavy atom. The van der Waals surface area contributed by atoms with E-state index in [1.807, 2.05) is 18.2 Å². The van der Waals surface area contributed by atoms with Crippen molar-refractivity contribution in [2.75, 3.05) is 0 Å². The van der Waals surface area contributed by atoms with Crippen molar-refractivity contribution in [2.24, 2.45) is 0 Å². The van der Waals surface area contributed by atoms with Crippen LogP contribution in [0.15, 0.2) is 29.4 Å². The van der Waals surface area contributed by atoms with E-state index < -0.39 is 6.10 Å². The Labute approximate surface area is 81.0 Å². The molecule has 4 heteroatoms. The maximum Gasteiger partial charge on any atom is 0.101 e. The Morgan fingerprint density at radius 3 is 2.92 bits per heavy atom. The second-order valence-corrected chi connectivity index (χ2v) is 3.87. The third kappa shape index (κ3) is 2.89. The van der Waals surface area contributed by atoms with Crippen molar-refractivity contribution in [3.05, 3.63) is 31.3 Å². The summed E-state index contributed by atoms with van der Waals surface area (Å²) in [6.07, 6.45) is 0.868. The molecule has 0 fully saturated rings. The molecule has 1 atom stereocenters. The Balaban J connectivity index is 2.59. The largest absolute Gasteiger partial charge is 0.387 e. The Kier molecular flexibility index (Phi) is 3.65. The molecular weight excluding hydrogens is 190 g/mol. The number of nitrogens with zero attached hydrogens (tertiary/aromatic N) is 1. The zero-order valence-electron chi connectivity index (χ0n) is 6.30. The molecule has 63 valence electrons. The van der Waals surface area contributed by atoms with Crippen LogP contribution in [0.25, 0.3) is 0 Å². The van der Waals surface area contributed by atoms with E-state index in [9.17, 15) is 0 Å².